The van der Waals surface area contributed by atoms with Gasteiger partial charge in [-0.25, -0.2) is 0 Å². The van der Waals surface area contributed by atoms with Gasteiger partial charge in [0, 0.05) is 27.4 Å². The largest absolute Gasteiger partial charge is 0.382 e. The smallest absolute Gasteiger partial charge is 0.353 e. The van der Waals surface area contributed by atoms with Gasteiger partial charge in [-0.15, -0.1) is 0 Å². The predicted octanol–water partition coefficient (Wildman–Crippen LogP) is -0.375. The lowest BCUT2D eigenvalue weighted by Gasteiger charge is -2.29. The van der Waals surface area contributed by atoms with Gasteiger partial charge in [0.05, 0.1) is 25.2 Å². The molecule has 0 bridgehead atoms. The second kappa shape index (κ2) is 10.00. The molecular weight excluding hydrogens is 345 g/mol. The second-order valence-corrected chi connectivity index (χ2v) is 6.77. The molecule has 0 aromatic carbocycles. The van der Waals surface area contributed by atoms with Crippen molar-refractivity contribution in [2.45, 2.75) is 12.4 Å². The summed E-state index contributed by atoms with van der Waals surface area (Å²) >= 11 is 0. The summed E-state index contributed by atoms with van der Waals surface area (Å²) in [5, 5.41) is 2.16. The van der Waals surface area contributed by atoms with E-state index in [0.717, 1.165) is 7.11 Å². The number of nitrogens with one attached hydrogen (secondary N) is 1. The van der Waals surface area contributed by atoms with Gasteiger partial charge in [0.2, 0.25) is 11.8 Å². The monoisotopic (exact) mass is 367 g/mol. The summed E-state index contributed by atoms with van der Waals surface area (Å²) in [7, 11) is 0.00855. The standard InChI is InChI=1S/C13H22NO9P/c1-19-6-10(9-4-5-11(15)14-13(9)16)23-12(7-20-2)22-8-24(17,18)21-3/h4-5,9-10,12H,6-8H2,1-3H3,(H,17,18)(H,14,15,16)/t9?,10-,12+/m1/s1. The van der Waals surface area contributed by atoms with E-state index >= 15 is 0 Å². The average molecular weight is 367 g/mol. The maximum Gasteiger partial charge on any atom is 0.353 e. The Morgan fingerprint density at radius 3 is 2.46 bits per heavy atom. The first-order chi connectivity index (χ1) is 11.3. The molecule has 0 spiro atoms. The minimum absolute atomic E-state index is 0.0290. The van der Waals surface area contributed by atoms with Crippen LogP contribution < -0.4 is 5.32 Å². The molecule has 0 radical (unpaired) electrons. The van der Waals surface area contributed by atoms with Crippen LogP contribution in [0.3, 0.4) is 0 Å². The highest BCUT2D eigenvalue weighted by molar-refractivity contribution is 7.52. The van der Waals surface area contributed by atoms with Gasteiger partial charge in [0.25, 0.3) is 0 Å². The zero-order chi connectivity index (χ0) is 18.2. The van der Waals surface area contributed by atoms with Crippen LogP contribution in [-0.4, -0.2) is 70.0 Å². The van der Waals surface area contributed by atoms with Crippen molar-refractivity contribution in [1.29, 1.82) is 0 Å². The van der Waals surface area contributed by atoms with E-state index < -0.39 is 44.1 Å². The van der Waals surface area contributed by atoms with E-state index in [2.05, 4.69) is 9.84 Å². The third-order valence-electron chi connectivity index (χ3n) is 3.07. The van der Waals surface area contributed by atoms with E-state index in [1.807, 2.05) is 0 Å². The molecule has 0 saturated carbocycles. The van der Waals surface area contributed by atoms with Crippen molar-refractivity contribution in [3.8, 4) is 0 Å². The molecule has 11 heteroatoms. The van der Waals surface area contributed by atoms with E-state index in [0.29, 0.717) is 0 Å². The minimum atomic E-state index is -3.89. The van der Waals surface area contributed by atoms with Gasteiger partial charge < -0.3 is 28.4 Å². The first-order valence-electron chi connectivity index (χ1n) is 6.98. The van der Waals surface area contributed by atoms with Gasteiger partial charge in [-0.3, -0.25) is 19.5 Å². The van der Waals surface area contributed by atoms with E-state index in [9.17, 15) is 19.0 Å². The third kappa shape index (κ3) is 6.78. The predicted molar refractivity (Wildman–Crippen MR) is 81.0 cm³/mol. The molecule has 1 heterocycles. The summed E-state index contributed by atoms with van der Waals surface area (Å²) in [6.45, 7) is -0.0256. The Bertz CT molecular complexity index is 510. The van der Waals surface area contributed by atoms with Crippen LogP contribution >= 0.6 is 7.60 Å². The Kier molecular flexibility index (Phi) is 8.71. The maximum atomic E-state index is 11.9. The quantitative estimate of drug-likeness (QED) is 0.285. The summed E-state index contributed by atoms with van der Waals surface area (Å²) in [6.07, 6.45) is 0.185. The lowest BCUT2D eigenvalue weighted by atomic mass is 9.98. The summed E-state index contributed by atoms with van der Waals surface area (Å²) in [4.78, 5) is 32.5. The van der Waals surface area contributed by atoms with Gasteiger partial charge >= 0.3 is 7.60 Å². The molecule has 2 N–H and O–H groups in total. The fourth-order valence-corrected chi connectivity index (χ4v) is 2.36. The molecule has 0 saturated heterocycles. The first-order valence-corrected chi connectivity index (χ1v) is 8.74. The number of hydrogen-bond donors (Lipinski definition) is 2. The number of carbonyl (C=O) groups is 2. The van der Waals surface area contributed by atoms with Crippen LogP contribution in [0.5, 0.6) is 0 Å². The molecule has 10 nitrogen and oxygen atoms in total. The zero-order valence-corrected chi connectivity index (χ0v) is 14.6. The summed E-state index contributed by atoms with van der Waals surface area (Å²) in [5.41, 5.74) is 0. The molecule has 138 valence electrons. The maximum absolute atomic E-state index is 11.9. The van der Waals surface area contributed by atoms with E-state index in [1.165, 1.54) is 26.4 Å². The summed E-state index contributed by atoms with van der Waals surface area (Å²) in [6, 6.07) is 0. The molecule has 1 aliphatic heterocycles. The lowest BCUT2D eigenvalue weighted by molar-refractivity contribution is -0.201. The van der Waals surface area contributed by atoms with Crippen molar-refractivity contribution in [1.82, 2.24) is 5.32 Å². The van der Waals surface area contributed by atoms with Crippen LogP contribution in [-0.2, 0) is 37.6 Å². The van der Waals surface area contributed by atoms with Crippen LogP contribution in [0.1, 0.15) is 0 Å². The number of rotatable bonds is 11. The topological polar surface area (TPSA) is 130 Å². The normalized spacial score (nSPS) is 22.8. The molecule has 2 amide bonds. The Morgan fingerprint density at radius 1 is 1.25 bits per heavy atom. The second-order valence-electron chi connectivity index (χ2n) is 4.87. The molecule has 0 fully saturated rings. The lowest BCUT2D eigenvalue weighted by Crippen LogP contribution is -2.46. The zero-order valence-electron chi connectivity index (χ0n) is 13.7. The molecule has 1 aliphatic rings. The Morgan fingerprint density at radius 2 is 1.92 bits per heavy atom. The van der Waals surface area contributed by atoms with Gasteiger partial charge in [-0.05, 0) is 0 Å². The van der Waals surface area contributed by atoms with Crippen LogP contribution in [0.2, 0.25) is 0 Å². The summed E-state index contributed by atoms with van der Waals surface area (Å²) < 4.78 is 36.7. The molecule has 0 aliphatic carbocycles. The fraction of sp³-hybridized carbons (Fsp3) is 0.692. The van der Waals surface area contributed by atoms with Crippen LogP contribution in [0, 0.1) is 5.92 Å². The average Bonchev–Trinajstić information content (AvgIpc) is 2.52. The van der Waals surface area contributed by atoms with Gasteiger partial charge in [0.1, 0.15) is 0 Å². The van der Waals surface area contributed by atoms with Gasteiger partial charge in [-0.1, -0.05) is 6.08 Å². The van der Waals surface area contributed by atoms with Crippen LogP contribution in [0.25, 0.3) is 0 Å². The van der Waals surface area contributed by atoms with Crippen molar-refractivity contribution >= 4 is 19.4 Å². The Labute approximate surface area is 139 Å². The van der Waals surface area contributed by atoms with Crippen molar-refractivity contribution in [3.05, 3.63) is 12.2 Å². The number of carbonyl (C=O) groups excluding carboxylic acids is 2. The number of ether oxygens (including phenoxy) is 4. The molecule has 24 heavy (non-hydrogen) atoms. The molecule has 1 rings (SSSR count). The van der Waals surface area contributed by atoms with Crippen molar-refractivity contribution in [2.24, 2.45) is 5.92 Å². The van der Waals surface area contributed by atoms with E-state index in [4.69, 9.17) is 18.9 Å². The van der Waals surface area contributed by atoms with E-state index in [1.54, 1.807) is 0 Å². The van der Waals surface area contributed by atoms with Gasteiger partial charge in [-0.2, -0.15) is 0 Å². The molecule has 4 atom stereocenters. The van der Waals surface area contributed by atoms with Crippen molar-refractivity contribution in [2.75, 3.05) is 40.9 Å². The molecule has 0 aromatic rings. The minimum Gasteiger partial charge on any atom is -0.382 e. The highest BCUT2D eigenvalue weighted by atomic mass is 31.2. The molecular formula is C13H22NO9P. The Balaban J connectivity index is 2.78. The first kappa shape index (κ1) is 20.9. The number of methoxy groups -OCH3 is 2. The van der Waals surface area contributed by atoms with Crippen LogP contribution in [0.15, 0.2) is 12.2 Å². The highest BCUT2D eigenvalue weighted by Crippen LogP contribution is 2.40. The highest BCUT2D eigenvalue weighted by Gasteiger charge is 2.33. The number of imide groups is 1. The van der Waals surface area contributed by atoms with Crippen LogP contribution in [0.4, 0.5) is 0 Å². The van der Waals surface area contributed by atoms with Crippen molar-refractivity contribution in [3.63, 3.8) is 0 Å². The summed E-state index contributed by atoms with van der Waals surface area (Å²) in [5.74, 6) is -1.84. The SMILES string of the molecule is COC[C@@H](OCP(=O)(O)OC)O[C@H](COC)C1C=CC(=O)NC1=O. The number of amides is 2. The number of hydrogen-bond acceptors (Lipinski definition) is 8. The van der Waals surface area contributed by atoms with Crippen molar-refractivity contribution < 1.29 is 42.5 Å². The third-order valence-corrected chi connectivity index (χ3v) is 4.12. The molecule has 0 aromatic heterocycles. The van der Waals surface area contributed by atoms with Gasteiger partial charge in [0.15, 0.2) is 12.6 Å². The Hall–Kier alpha value is -1.13. The fourth-order valence-electron chi connectivity index (χ4n) is 1.90. The molecule has 2 unspecified atom stereocenters. The van der Waals surface area contributed by atoms with E-state index in [-0.39, 0.29) is 13.2 Å².